The maximum atomic E-state index is 12.2. The molecule has 154 valence electrons. The van der Waals surface area contributed by atoms with Gasteiger partial charge in [-0.2, -0.15) is 0 Å². The quantitative estimate of drug-likeness (QED) is 0.356. The average molecular weight is 441 g/mol. The molecule has 0 fully saturated rings. The van der Waals surface area contributed by atoms with Crippen LogP contribution in [0, 0.1) is 0 Å². The van der Waals surface area contributed by atoms with E-state index in [1.54, 1.807) is 43.4 Å². The lowest BCUT2D eigenvalue weighted by atomic mass is 10.2. The Balaban J connectivity index is 1.53. The molecule has 1 aromatic carbocycles. The molecular formula is C23H21ClN2O3S. The van der Waals surface area contributed by atoms with Crippen LogP contribution in [0.25, 0.3) is 16.5 Å². The Morgan fingerprint density at radius 3 is 2.73 bits per heavy atom. The van der Waals surface area contributed by atoms with Crippen LogP contribution in [-0.4, -0.2) is 41.8 Å². The summed E-state index contributed by atoms with van der Waals surface area (Å²) in [5.41, 5.74) is 1.79. The SMILES string of the molecule is CC(=O)c1ccc(-c2ccc(OCCN(C)C(=O)/C=C/c3cccnc3)c(Cl)c2)s1. The van der Waals surface area contributed by atoms with Gasteiger partial charge in [0.1, 0.15) is 12.4 Å². The zero-order valence-electron chi connectivity index (χ0n) is 16.7. The zero-order valence-corrected chi connectivity index (χ0v) is 18.2. The van der Waals surface area contributed by atoms with Crippen molar-refractivity contribution in [2.45, 2.75) is 6.92 Å². The Labute approximate surface area is 184 Å². The Morgan fingerprint density at radius 2 is 2.07 bits per heavy atom. The molecular weight excluding hydrogens is 420 g/mol. The minimum atomic E-state index is -0.122. The minimum absolute atomic E-state index is 0.0475. The smallest absolute Gasteiger partial charge is 0.246 e. The fraction of sp³-hybridized carbons (Fsp3) is 0.174. The Kier molecular flexibility index (Phi) is 7.38. The first kappa shape index (κ1) is 21.7. The summed E-state index contributed by atoms with van der Waals surface area (Å²) < 4.78 is 5.74. The summed E-state index contributed by atoms with van der Waals surface area (Å²) >= 11 is 7.79. The second-order valence-corrected chi connectivity index (χ2v) is 8.08. The van der Waals surface area contributed by atoms with Crippen molar-refractivity contribution in [3.8, 4) is 16.2 Å². The molecule has 0 saturated carbocycles. The zero-order chi connectivity index (χ0) is 21.5. The van der Waals surface area contributed by atoms with E-state index in [4.69, 9.17) is 16.3 Å². The standard InChI is InChI=1S/C23H21ClN2O3S/c1-16(27)21-8-9-22(30-21)18-6-7-20(19(24)14-18)29-13-12-26(2)23(28)10-5-17-4-3-11-25-15-17/h3-11,14-15H,12-13H2,1-2H3/b10-5+. The van der Waals surface area contributed by atoms with Gasteiger partial charge in [0.2, 0.25) is 5.91 Å². The fourth-order valence-corrected chi connectivity index (χ4v) is 3.76. The van der Waals surface area contributed by atoms with E-state index in [1.165, 1.54) is 17.4 Å². The van der Waals surface area contributed by atoms with Gasteiger partial charge in [0, 0.05) is 30.4 Å². The molecule has 2 heterocycles. The third-order valence-electron chi connectivity index (χ3n) is 4.33. The topological polar surface area (TPSA) is 59.5 Å². The molecule has 0 aliphatic heterocycles. The molecule has 3 rings (SSSR count). The molecule has 0 spiro atoms. The number of ketones is 1. The van der Waals surface area contributed by atoms with Gasteiger partial charge in [-0.3, -0.25) is 14.6 Å². The number of carbonyl (C=O) groups excluding carboxylic acids is 2. The molecule has 0 aliphatic rings. The summed E-state index contributed by atoms with van der Waals surface area (Å²) in [5.74, 6) is 0.477. The van der Waals surface area contributed by atoms with Crippen molar-refractivity contribution in [3.05, 3.63) is 76.4 Å². The molecule has 2 aromatic heterocycles. The number of likely N-dealkylation sites (N-methyl/N-ethyl adjacent to an activating group) is 1. The summed E-state index contributed by atoms with van der Waals surface area (Å²) in [7, 11) is 1.72. The number of hydrogen-bond acceptors (Lipinski definition) is 5. The average Bonchev–Trinajstić information content (AvgIpc) is 3.24. The lowest BCUT2D eigenvalue weighted by Crippen LogP contribution is -2.29. The van der Waals surface area contributed by atoms with Crippen molar-refractivity contribution in [2.24, 2.45) is 0 Å². The van der Waals surface area contributed by atoms with E-state index in [-0.39, 0.29) is 11.7 Å². The van der Waals surface area contributed by atoms with E-state index >= 15 is 0 Å². The van der Waals surface area contributed by atoms with E-state index in [0.717, 1.165) is 16.0 Å². The van der Waals surface area contributed by atoms with Gasteiger partial charge in [0.25, 0.3) is 0 Å². The molecule has 0 radical (unpaired) electrons. The lowest BCUT2D eigenvalue weighted by Gasteiger charge is -2.16. The maximum Gasteiger partial charge on any atom is 0.246 e. The molecule has 7 heteroatoms. The van der Waals surface area contributed by atoms with Crippen molar-refractivity contribution in [3.63, 3.8) is 0 Å². The molecule has 3 aromatic rings. The summed E-state index contributed by atoms with van der Waals surface area (Å²) in [4.78, 5) is 30.9. The van der Waals surface area contributed by atoms with Gasteiger partial charge in [0.15, 0.2) is 5.78 Å². The molecule has 0 aliphatic carbocycles. The highest BCUT2D eigenvalue weighted by Gasteiger charge is 2.10. The van der Waals surface area contributed by atoms with Crippen molar-refractivity contribution < 1.29 is 14.3 Å². The van der Waals surface area contributed by atoms with E-state index in [0.29, 0.717) is 28.8 Å². The highest BCUT2D eigenvalue weighted by molar-refractivity contribution is 7.17. The number of thiophene rings is 1. The molecule has 0 bridgehead atoms. The van der Waals surface area contributed by atoms with Gasteiger partial charge in [0.05, 0.1) is 16.4 Å². The van der Waals surface area contributed by atoms with E-state index in [9.17, 15) is 9.59 Å². The van der Waals surface area contributed by atoms with Gasteiger partial charge in [-0.15, -0.1) is 11.3 Å². The number of amides is 1. The summed E-state index contributed by atoms with van der Waals surface area (Å²) in [5, 5.41) is 0.482. The highest BCUT2D eigenvalue weighted by atomic mass is 35.5. The first-order chi connectivity index (χ1) is 14.4. The summed E-state index contributed by atoms with van der Waals surface area (Å²) in [6.45, 7) is 2.28. The van der Waals surface area contributed by atoms with Gasteiger partial charge in [-0.05, 0) is 60.5 Å². The number of rotatable bonds is 8. The van der Waals surface area contributed by atoms with Crippen molar-refractivity contribution in [2.75, 3.05) is 20.2 Å². The Hall–Kier alpha value is -2.96. The monoisotopic (exact) mass is 440 g/mol. The number of hydrogen-bond donors (Lipinski definition) is 0. The van der Waals surface area contributed by atoms with Crippen LogP contribution in [0.1, 0.15) is 22.2 Å². The third kappa shape index (κ3) is 5.78. The largest absolute Gasteiger partial charge is 0.490 e. The fourth-order valence-electron chi connectivity index (χ4n) is 2.63. The van der Waals surface area contributed by atoms with Crippen molar-refractivity contribution in [1.29, 1.82) is 0 Å². The van der Waals surface area contributed by atoms with E-state index < -0.39 is 0 Å². The predicted octanol–water partition coefficient (Wildman–Crippen LogP) is 5.22. The summed E-state index contributed by atoms with van der Waals surface area (Å²) in [6, 6.07) is 12.9. The summed E-state index contributed by atoms with van der Waals surface area (Å²) in [6.07, 6.45) is 6.61. The van der Waals surface area contributed by atoms with Gasteiger partial charge in [-0.1, -0.05) is 17.7 Å². The van der Waals surface area contributed by atoms with Gasteiger partial charge < -0.3 is 9.64 Å². The molecule has 30 heavy (non-hydrogen) atoms. The van der Waals surface area contributed by atoms with E-state index in [2.05, 4.69) is 4.98 Å². The van der Waals surface area contributed by atoms with Crippen LogP contribution in [0.4, 0.5) is 0 Å². The van der Waals surface area contributed by atoms with Crippen LogP contribution in [0.15, 0.2) is 60.9 Å². The Morgan fingerprint density at radius 1 is 1.23 bits per heavy atom. The number of aromatic nitrogens is 1. The van der Waals surface area contributed by atoms with Gasteiger partial charge in [-0.25, -0.2) is 0 Å². The first-order valence-corrected chi connectivity index (χ1v) is 10.5. The molecule has 0 unspecified atom stereocenters. The van der Waals surface area contributed by atoms with Gasteiger partial charge >= 0.3 is 0 Å². The molecule has 0 N–H and O–H groups in total. The maximum absolute atomic E-state index is 12.2. The van der Waals surface area contributed by atoms with Crippen LogP contribution in [0.2, 0.25) is 5.02 Å². The third-order valence-corrected chi connectivity index (χ3v) is 5.86. The van der Waals surface area contributed by atoms with Crippen LogP contribution in [-0.2, 0) is 4.79 Å². The molecule has 1 amide bonds. The number of Topliss-reactive ketones (excluding diaryl/α,β-unsaturated/α-hetero) is 1. The first-order valence-electron chi connectivity index (χ1n) is 9.31. The van der Waals surface area contributed by atoms with Crippen LogP contribution in [0.3, 0.4) is 0 Å². The van der Waals surface area contributed by atoms with Crippen molar-refractivity contribution >= 4 is 40.7 Å². The second kappa shape index (κ2) is 10.2. The number of pyridine rings is 1. The molecule has 0 atom stereocenters. The molecule has 5 nitrogen and oxygen atoms in total. The number of ether oxygens (including phenoxy) is 1. The normalized spacial score (nSPS) is 10.9. The van der Waals surface area contributed by atoms with E-state index in [1.807, 2.05) is 36.4 Å². The number of halogens is 1. The number of carbonyl (C=O) groups is 2. The molecule has 0 saturated heterocycles. The lowest BCUT2D eigenvalue weighted by molar-refractivity contribution is -0.125. The van der Waals surface area contributed by atoms with Crippen molar-refractivity contribution in [1.82, 2.24) is 9.88 Å². The Bertz CT molecular complexity index is 1060. The number of nitrogens with zero attached hydrogens (tertiary/aromatic N) is 2. The number of benzene rings is 1. The van der Waals surface area contributed by atoms with Crippen LogP contribution < -0.4 is 4.74 Å². The predicted molar refractivity (Wildman–Crippen MR) is 121 cm³/mol. The minimum Gasteiger partial charge on any atom is -0.490 e. The van der Waals surface area contributed by atoms with Crippen LogP contribution in [0.5, 0.6) is 5.75 Å². The highest BCUT2D eigenvalue weighted by Crippen LogP contribution is 2.34. The second-order valence-electron chi connectivity index (χ2n) is 6.59. The van der Waals surface area contributed by atoms with Crippen LogP contribution >= 0.6 is 22.9 Å².